The average molecular weight is 140 g/mol. The van der Waals surface area contributed by atoms with Crippen molar-refractivity contribution >= 4 is 21.1 Å². The standard InChI is InChI=1S/C4H3GeO/c5-4-2-1-3-6-4/h1-3H. The Morgan fingerprint density at radius 1 is 1.67 bits per heavy atom. The summed E-state index contributed by atoms with van der Waals surface area (Å²) in [6.07, 6.45) is 1.66. The normalized spacial score (nSPS) is 8.83. The van der Waals surface area contributed by atoms with Gasteiger partial charge < -0.3 is 0 Å². The molecule has 0 unspecified atom stereocenters. The van der Waals surface area contributed by atoms with Crippen molar-refractivity contribution in [1.29, 1.82) is 0 Å². The molecule has 3 radical (unpaired) electrons. The molecule has 0 aliphatic rings. The van der Waals surface area contributed by atoms with Gasteiger partial charge in [-0.15, -0.1) is 0 Å². The number of furan rings is 1. The van der Waals surface area contributed by atoms with Crippen molar-refractivity contribution in [3.63, 3.8) is 0 Å². The molecule has 2 heteroatoms. The average Bonchev–Trinajstić information content (AvgIpc) is 1.86. The van der Waals surface area contributed by atoms with Crippen LogP contribution in [0.1, 0.15) is 0 Å². The Morgan fingerprint density at radius 3 is 2.67 bits per heavy atom. The van der Waals surface area contributed by atoms with E-state index in [0.29, 0.717) is 0 Å². The van der Waals surface area contributed by atoms with Gasteiger partial charge in [0.05, 0.1) is 0 Å². The molecule has 1 rings (SSSR count). The van der Waals surface area contributed by atoms with Crippen LogP contribution in [0.4, 0.5) is 0 Å². The molecule has 6 heavy (non-hydrogen) atoms. The summed E-state index contributed by atoms with van der Waals surface area (Å²) >= 11 is 1.92. The van der Waals surface area contributed by atoms with Gasteiger partial charge in [0.15, 0.2) is 0 Å². The summed E-state index contributed by atoms with van der Waals surface area (Å²) in [5.41, 5.74) is 0. The Hall–Kier alpha value is -0.177. The number of hydrogen-bond donors (Lipinski definition) is 0. The second-order valence-electron chi connectivity index (χ2n) is 0.977. The molecule has 0 spiro atoms. The van der Waals surface area contributed by atoms with Crippen LogP contribution in [0.5, 0.6) is 0 Å². The quantitative estimate of drug-likeness (QED) is 0.464. The Bertz CT molecular complexity index is 111. The van der Waals surface area contributed by atoms with Gasteiger partial charge in [-0.3, -0.25) is 0 Å². The van der Waals surface area contributed by atoms with E-state index >= 15 is 0 Å². The zero-order valence-electron chi connectivity index (χ0n) is 3.14. The molecule has 1 aromatic heterocycles. The van der Waals surface area contributed by atoms with Crippen molar-refractivity contribution in [1.82, 2.24) is 0 Å². The summed E-state index contributed by atoms with van der Waals surface area (Å²) < 4.78 is 5.80. The first-order valence-corrected chi connectivity index (χ1v) is 2.69. The summed E-state index contributed by atoms with van der Waals surface area (Å²) in [6, 6.07) is 3.79. The van der Waals surface area contributed by atoms with E-state index in [-0.39, 0.29) is 0 Å². The van der Waals surface area contributed by atoms with E-state index in [1.165, 1.54) is 0 Å². The molecule has 0 aliphatic carbocycles. The van der Waals surface area contributed by atoms with Crippen LogP contribution < -0.4 is 4.59 Å². The fourth-order valence-electron chi connectivity index (χ4n) is 0.279. The molecule has 0 saturated carbocycles. The molecular formula is C4H3GeO. The van der Waals surface area contributed by atoms with E-state index in [2.05, 4.69) is 0 Å². The van der Waals surface area contributed by atoms with E-state index in [9.17, 15) is 0 Å². The third-order valence-electron chi connectivity index (χ3n) is 0.521. The summed E-state index contributed by atoms with van der Waals surface area (Å²) in [4.78, 5) is 0. The maximum atomic E-state index is 4.83. The van der Waals surface area contributed by atoms with Crippen molar-refractivity contribution in [3.8, 4) is 0 Å². The topological polar surface area (TPSA) is 13.1 Å². The van der Waals surface area contributed by atoms with Crippen molar-refractivity contribution < 1.29 is 4.42 Å². The van der Waals surface area contributed by atoms with Gasteiger partial charge in [-0.25, -0.2) is 0 Å². The molecule has 0 fully saturated rings. The molecule has 0 amide bonds. The van der Waals surface area contributed by atoms with Gasteiger partial charge >= 0.3 is 43.9 Å². The Morgan fingerprint density at radius 2 is 2.50 bits per heavy atom. The Kier molecular flexibility index (Phi) is 1.01. The van der Waals surface area contributed by atoms with E-state index < -0.39 is 0 Å². The van der Waals surface area contributed by atoms with Gasteiger partial charge in [-0.05, 0) is 0 Å². The summed E-state index contributed by atoms with van der Waals surface area (Å²) in [7, 11) is 0. The van der Waals surface area contributed by atoms with Crippen LogP contribution in [0, 0.1) is 0 Å². The van der Waals surface area contributed by atoms with Gasteiger partial charge in [-0.1, -0.05) is 0 Å². The van der Waals surface area contributed by atoms with Gasteiger partial charge in [0, 0.05) is 0 Å². The SMILES string of the molecule is [Ge][c]1ccco1. The molecule has 1 aromatic rings. The van der Waals surface area contributed by atoms with E-state index in [4.69, 9.17) is 4.42 Å². The van der Waals surface area contributed by atoms with Gasteiger partial charge in [0.2, 0.25) is 0 Å². The van der Waals surface area contributed by atoms with Gasteiger partial charge in [0.25, 0.3) is 0 Å². The summed E-state index contributed by atoms with van der Waals surface area (Å²) in [5.74, 6) is 0. The third-order valence-corrected chi connectivity index (χ3v) is 1.12. The fraction of sp³-hybridized carbons (Fsp3) is 0. The first-order chi connectivity index (χ1) is 2.89. The molecule has 0 aliphatic heterocycles. The molecule has 0 saturated heterocycles. The molecule has 29 valence electrons. The zero-order chi connectivity index (χ0) is 4.41. The van der Waals surface area contributed by atoms with Crippen LogP contribution in [0.2, 0.25) is 0 Å². The number of rotatable bonds is 0. The first kappa shape index (κ1) is 3.99. The predicted molar refractivity (Wildman–Crippen MR) is 24.1 cm³/mol. The number of hydrogen-bond acceptors (Lipinski definition) is 1. The minimum atomic E-state index is 0.968. The maximum absolute atomic E-state index is 4.83. The molecule has 0 N–H and O–H groups in total. The Labute approximate surface area is 44.6 Å². The van der Waals surface area contributed by atoms with Gasteiger partial charge in [-0.2, -0.15) is 0 Å². The second kappa shape index (κ2) is 1.51. The fourth-order valence-corrected chi connectivity index (χ4v) is 0.623. The van der Waals surface area contributed by atoms with Crippen molar-refractivity contribution in [2.75, 3.05) is 0 Å². The predicted octanol–water partition coefficient (Wildman–Crippen LogP) is 0.0734. The second-order valence-corrected chi connectivity index (χ2v) is 2.01. The van der Waals surface area contributed by atoms with Crippen molar-refractivity contribution in [3.05, 3.63) is 18.4 Å². The van der Waals surface area contributed by atoms with Gasteiger partial charge in [0.1, 0.15) is 0 Å². The van der Waals surface area contributed by atoms with Crippen LogP contribution in [0.3, 0.4) is 0 Å². The molecule has 1 nitrogen and oxygen atoms in total. The summed E-state index contributed by atoms with van der Waals surface area (Å²) in [5, 5.41) is 0. The summed E-state index contributed by atoms with van der Waals surface area (Å²) in [6.45, 7) is 0. The van der Waals surface area contributed by atoms with Crippen LogP contribution in [0.25, 0.3) is 0 Å². The molecule has 1 heterocycles. The monoisotopic (exact) mass is 141 g/mol. The van der Waals surface area contributed by atoms with Crippen LogP contribution in [0.15, 0.2) is 22.8 Å². The first-order valence-electron chi connectivity index (χ1n) is 1.65. The zero-order valence-corrected chi connectivity index (χ0v) is 5.24. The van der Waals surface area contributed by atoms with Crippen LogP contribution in [-0.2, 0) is 0 Å². The van der Waals surface area contributed by atoms with Crippen molar-refractivity contribution in [2.24, 2.45) is 0 Å². The molecule has 0 atom stereocenters. The molecule has 0 aromatic carbocycles. The van der Waals surface area contributed by atoms with Crippen LogP contribution >= 0.6 is 0 Å². The molecular weight excluding hydrogens is 137 g/mol. The Balaban J connectivity index is 3.05. The minimum absolute atomic E-state index is 0.968. The van der Waals surface area contributed by atoms with Crippen molar-refractivity contribution in [2.45, 2.75) is 0 Å². The third kappa shape index (κ3) is 0.654. The van der Waals surface area contributed by atoms with E-state index in [1.807, 2.05) is 28.6 Å². The van der Waals surface area contributed by atoms with E-state index in [1.54, 1.807) is 6.26 Å². The van der Waals surface area contributed by atoms with E-state index in [0.717, 1.165) is 4.59 Å². The van der Waals surface area contributed by atoms with Crippen LogP contribution in [-0.4, -0.2) is 16.5 Å². The molecule has 0 bridgehead atoms.